The van der Waals surface area contributed by atoms with Gasteiger partial charge in [0.15, 0.2) is 0 Å². The number of alkyl halides is 1. The van der Waals surface area contributed by atoms with Crippen molar-refractivity contribution < 1.29 is 9.53 Å². The van der Waals surface area contributed by atoms with E-state index in [0.29, 0.717) is 16.5 Å². The van der Waals surface area contributed by atoms with E-state index >= 15 is 0 Å². The Kier molecular flexibility index (Phi) is 5.63. The first-order valence-electron chi connectivity index (χ1n) is 5.17. The van der Waals surface area contributed by atoms with E-state index in [1.54, 1.807) is 13.2 Å². The van der Waals surface area contributed by atoms with Gasteiger partial charge in [0.2, 0.25) is 0 Å². The molecule has 0 radical (unpaired) electrons. The van der Waals surface area contributed by atoms with Crippen molar-refractivity contribution in [3.05, 3.63) is 16.3 Å². The molecule has 1 unspecified atom stereocenters. The fourth-order valence-corrected chi connectivity index (χ4v) is 2.28. The molecule has 1 amide bonds. The Morgan fingerprint density at radius 3 is 3.06 bits per heavy atom. The van der Waals surface area contributed by atoms with Crippen molar-refractivity contribution in [1.29, 1.82) is 0 Å². The Morgan fingerprint density at radius 1 is 1.69 bits per heavy atom. The third-order valence-electron chi connectivity index (χ3n) is 2.20. The minimum Gasteiger partial charge on any atom is -0.495 e. The van der Waals surface area contributed by atoms with Crippen molar-refractivity contribution in [1.82, 2.24) is 5.32 Å². The van der Waals surface area contributed by atoms with Crippen molar-refractivity contribution >= 4 is 28.8 Å². The lowest BCUT2D eigenvalue weighted by Gasteiger charge is -2.12. The molecule has 1 aromatic heterocycles. The third kappa shape index (κ3) is 3.68. The van der Waals surface area contributed by atoms with Gasteiger partial charge in [-0.15, -0.1) is 22.9 Å². The number of thiophene rings is 1. The molecule has 1 N–H and O–H groups in total. The maximum atomic E-state index is 11.8. The van der Waals surface area contributed by atoms with Crippen LogP contribution in [-0.2, 0) is 0 Å². The maximum Gasteiger partial charge on any atom is 0.265 e. The first kappa shape index (κ1) is 13.3. The summed E-state index contributed by atoms with van der Waals surface area (Å²) < 4.78 is 5.10. The molecule has 0 bridgehead atoms. The largest absolute Gasteiger partial charge is 0.495 e. The van der Waals surface area contributed by atoms with Gasteiger partial charge in [0.1, 0.15) is 10.6 Å². The third-order valence-corrected chi connectivity index (χ3v) is 3.37. The monoisotopic (exact) mass is 261 g/mol. The first-order valence-corrected chi connectivity index (χ1v) is 6.58. The second-order valence-corrected chi connectivity index (χ2v) is 4.82. The van der Waals surface area contributed by atoms with E-state index in [4.69, 9.17) is 16.3 Å². The predicted octanol–water partition coefficient (Wildman–Crippen LogP) is 2.89. The van der Waals surface area contributed by atoms with Crippen molar-refractivity contribution in [2.45, 2.75) is 25.8 Å². The van der Waals surface area contributed by atoms with Crippen LogP contribution in [0.1, 0.15) is 29.4 Å². The highest BCUT2D eigenvalue weighted by atomic mass is 35.5. The number of carbonyl (C=O) groups is 1. The number of methoxy groups -OCH3 is 1. The summed E-state index contributed by atoms with van der Waals surface area (Å²) >= 11 is 6.98. The number of halogens is 1. The smallest absolute Gasteiger partial charge is 0.265 e. The molecule has 16 heavy (non-hydrogen) atoms. The minimum atomic E-state index is -0.0751. The van der Waals surface area contributed by atoms with Gasteiger partial charge in [-0.05, 0) is 31.2 Å². The molecular weight excluding hydrogens is 246 g/mol. The second-order valence-electron chi connectivity index (χ2n) is 3.52. The summed E-state index contributed by atoms with van der Waals surface area (Å²) in [4.78, 5) is 12.5. The Bertz CT molecular complexity index is 340. The summed E-state index contributed by atoms with van der Waals surface area (Å²) in [6.45, 7) is 1.98. The van der Waals surface area contributed by atoms with E-state index in [-0.39, 0.29) is 11.9 Å². The van der Waals surface area contributed by atoms with E-state index in [1.165, 1.54) is 11.3 Å². The van der Waals surface area contributed by atoms with E-state index in [0.717, 1.165) is 12.8 Å². The number of ether oxygens (including phenoxy) is 1. The standard InChI is InChI=1S/C11H16ClNO2S/c1-8(4-3-6-12)13-11(14)10-9(15-2)5-7-16-10/h5,7-8H,3-4,6H2,1-2H3,(H,13,14). The van der Waals surface area contributed by atoms with Gasteiger partial charge in [-0.25, -0.2) is 0 Å². The van der Waals surface area contributed by atoms with Crippen LogP contribution in [0.2, 0.25) is 0 Å². The van der Waals surface area contributed by atoms with Gasteiger partial charge < -0.3 is 10.1 Å². The summed E-state index contributed by atoms with van der Waals surface area (Å²) in [6, 6.07) is 1.93. The van der Waals surface area contributed by atoms with Crippen LogP contribution < -0.4 is 10.1 Å². The summed E-state index contributed by atoms with van der Waals surface area (Å²) in [6.07, 6.45) is 1.80. The fourth-order valence-electron chi connectivity index (χ4n) is 1.37. The molecule has 0 aromatic carbocycles. The van der Waals surface area contributed by atoms with E-state index in [1.807, 2.05) is 12.3 Å². The first-order chi connectivity index (χ1) is 7.69. The zero-order chi connectivity index (χ0) is 12.0. The quantitative estimate of drug-likeness (QED) is 0.800. The lowest BCUT2D eigenvalue weighted by molar-refractivity contribution is 0.0940. The lowest BCUT2D eigenvalue weighted by Crippen LogP contribution is -2.32. The molecule has 1 atom stereocenters. The molecular formula is C11H16ClNO2S. The molecule has 0 saturated heterocycles. The number of amides is 1. The highest BCUT2D eigenvalue weighted by Gasteiger charge is 2.15. The van der Waals surface area contributed by atoms with Crippen LogP contribution in [0, 0.1) is 0 Å². The molecule has 1 heterocycles. The average Bonchev–Trinajstić information content (AvgIpc) is 2.74. The molecule has 0 fully saturated rings. The Hall–Kier alpha value is -0.740. The van der Waals surface area contributed by atoms with Crippen LogP contribution in [0.4, 0.5) is 0 Å². The molecule has 1 aromatic rings. The van der Waals surface area contributed by atoms with Crippen LogP contribution in [0.5, 0.6) is 5.75 Å². The van der Waals surface area contributed by atoms with E-state index in [2.05, 4.69) is 5.32 Å². The topological polar surface area (TPSA) is 38.3 Å². The SMILES string of the molecule is COc1ccsc1C(=O)NC(C)CCCCl. The van der Waals surface area contributed by atoms with Crippen LogP contribution >= 0.6 is 22.9 Å². The van der Waals surface area contributed by atoms with Crippen LogP contribution in [-0.4, -0.2) is 24.9 Å². The van der Waals surface area contributed by atoms with Gasteiger partial charge in [-0.2, -0.15) is 0 Å². The highest BCUT2D eigenvalue weighted by molar-refractivity contribution is 7.12. The number of hydrogen-bond acceptors (Lipinski definition) is 3. The molecule has 0 aliphatic heterocycles. The fraction of sp³-hybridized carbons (Fsp3) is 0.545. The van der Waals surface area contributed by atoms with Crippen LogP contribution in [0.25, 0.3) is 0 Å². The normalized spacial score (nSPS) is 12.2. The van der Waals surface area contributed by atoms with Gasteiger partial charge >= 0.3 is 0 Å². The summed E-state index contributed by atoms with van der Waals surface area (Å²) in [5.74, 6) is 1.18. The molecule has 0 aliphatic carbocycles. The average molecular weight is 262 g/mol. The van der Waals surface area contributed by atoms with Gasteiger partial charge in [-0.1, -0.05) is 0 Å². The zero-order valence-electron chi connectivity index (χ0n) is 9.46. The van der Waals surface area contributed by atoms with Crippen LogP contribution in [0.15, 0.2) is 11.4 Å². The summed E-state index contributed by atoms with van der Waals surface area (Å²) in [5.41, 5.74) is 0. The molecule has 0 spiro atoms. The lowest BCUT2D eigenvalue weighted by atomic mass is 10.2. The maximum absolute atomic E-state index is 11.8. The molecule has 5 heteroatoms. The number of rotatable bonds is 6. The number of carbonyl (C=O) groups excluding carboxylic acids is 1. The molecule has 3 nitrogen and oxygen atoms in total. The number of nitrogens with one attached hydrogen (secondary N) is 1. The Morgan fingerprint density at radius 2 is 2.44 bits per heavy atom. The van der Waals surface area contributed by atoms with Gasteiger partial charge in [0, 0.05) is 11.9 Å². The van der Waals surface area contributed by atoms with Crippen molar-refractivity contribution in [3.63, 3.8) is 0 Å². The van der Waals surface area contributed by atoms with Gasteiger partial charge in [0.05, 0.1) is 7.11 Å². The van der Waals surface area contributed by atoms with E-state index < -0.39 is 0 Å². The van der Waals surface area contributed by atoms with E-state index in [9.17, 15) is 4.79 Å². The summed E-state index contributed by atoms with van der Waals surface area (Å²) in [5, 5.41) is 4.77. The van der Waals surface area contributed by atoms with Crippen molar-refractivity contribution in [2.24, 2.45) is 0 Å². The van der Waals surface area contributed by atoms with Crippen molar-refractivity contribution in [2.75, 3.05) is 13.0 Å². The van der Waals surface area contributed by atoms with Gasteiger partial charge in [0.25, 0.3) is 5.91 Å². The minimum absolute atomic E-state index is 0.0751. The number of hydrogen-bond donors (Lipinski definition) is 1. The van der Waals surface area contributed by atoms with Gasteiger partial charge in [-0.3, -0.25) is 4.79 Å². The summed E-state index contributed by atoms with van der Waals surface area (Å²) in [7, 11) is 1.57. The predicted molar refractivity (Wildman–Crippen MR) is 67.8 cm³/mol. The molecule has 0 saturated carbocycles. The zero-order valence-corrected chi connectivity index (χ0v) is 11.0. The van der Waals surface area contributed by atoms with Crippen LogP contribution in [0.3, 0.4) is 0 Å². The molecule has 0 aliphatic rings. The highest BCUT2D eigenvalue weighted by Crippen LogP contribution is 2.24. The molecule has 1 rings (SSSR count). The Labute approximate surface area is 105 Å². The molecule has 90 valence electrons. The Balaban J connectivity index is 2.52. The van der Waals surface area contributed by atoms with Crippen molar-refractivity contribution in [3.8, 4) is 5.75 Å². The second kappa shape index (κ2) is 6.76.